The lowest BCUT2D eigenvalue weighted by Crippen LogP contribution is -2.48. The largest absolute Gasteiger partial charge is 0.385 e. The molecule has 2 unspecified atom stereocenters. The van der Waals surface area contributed by atoms with Gasteiger partial charge in [-0.1, -0.05) is 0 Å². The Hall–Kier alpha value is -0.160. The van der Waals surface area contributed by atoms with Crippen molar-refractivity contribution in [2.24, 2.45) is 5.73 Å². The molecule has 1 saturated heterocycles. The van der Waals surface area contributed by atoms with Gasteiger partial charge in [-0.2, -0.15) is 0 Å². The molecule has 0 amide bonds. The van der Waals surface area contributed by atoms with Crippen molar-refractivity contribution in [3.8, 4) is 0 Å². The molecule has 0 aromatic heterocycles. The highest BCUT2D eigenvalue weighted by atomic mass is 16.5. The molecule has 0 aliphatic carbocycles. The summed E-state index contributed by atoms with van der Waals surface area (Å²) in [5, 5.41) is 0. The number of nitrogens with zero attached hydrogens (tertiary/aromatic N) is 2. The highest BCUT2D eigenvalue weighted by molar-refractivity contribution is 4.79. The van der Waals surface area contributed by atoms with E-state index in [2.05, 4.69) is 23.9 Å². The molecule has 1 aliphatic heterocycles. The number of methoxy groups -OCH3 is 1. The Labute approximate surface area is 99.7 Å². The van der Waals surface area contributed by atoms with Crippen molar-refractivity contribution in [1.82, 2.24) is 9.80 Å². The smallest absolute Gasteiger partial charge is 0.0477 e. The molecule has 4 heteroatoms. The zero-order valence-electron chi connectivity index (χ0n) is 11.0. The Morgan fingerprint density at radius 2 is 2.31 bits per heavy atom. The van der Waals surface area contributed by atoms with E-state index in [4.69, 9.17) is 10.5 Å². The van der Waals surface area contributed by atoms with E-state index in [0.29, 0.717) is 6.04 Å². The molecule has 0 radical (unpaired) electrons. The summed E-state index contributed by atoms with van der Waals surface area (Å²) in [5.41, 5.74) is 6.07. The topological polar surface area (TPSA) is 41.7 Å². The van der Waals surface area contributed by atoms with E-state index >= 15 is 0 Å². The first-order valence-corrected chi connectivity index (χ1v) is 6.26. The van der Waals surface area contributed by atoms with Gasteiger partial charge in [0, 0.05) is 38.9 Å². The number of piperidine rings is 1. The van der Waals surface area contributed by atoms with E-state index in [1.165, 1.54) is 25.9 Å². The van der Waals surface area contributed by atoms with Crippen LogP contribution in [0.2, 0.25) is 0 Å². The van der Waals surface area contributed by atoms with Gasteiger partial charge < -0.3 is 20.3 Å². The minimum atomic E-state index is 0.234. The maximum Gasteiger partial charge on any atom is 0.0477 e. The summed E-state index contributed by atoms with van der Waals surface area (Å²) in [6.07, 6.45) is 3.56. The van der Waals surface area contributed by atoms with Crippen LogP contribution in [0.1, 0.15) is 19.3 Å². The van der Waals surface area contributed by atoms with E-state index in [-0.39, 0.29) is 6.04 Å². The van der Waals surface area contributed by atoms with Crippen LogP contribution in [0, 0.1) is 0 Å². The summed E-state index contributed by atoms with van der Waals surface area (Å²) in [6, 6.07) is 0.907. The van der Waals surface area contributed by atoms with Gasteiger partial charge in [0.05, 0.1) is 0 Å². The quantitative estimate of drug-likeness (QED) is 0.715. The molecule has 96 valence electrons. The first kappa shape index (κ1) is 13.9. The number of rotatable bonds is 6. The van der Waals surface area contributed by atoms with Crippen molar-refractivity contribution in [1.29, 1.82) is 0 Å². The molecule has 1 fully saturated rings. The van der Waals surface area contributed by atoms with Crippen LogP contribution in [0.15, 0.2) is 0 Å². The molecule has 0 bridgehead atoms. The predicted octanol–water partition coefficient (Wildman–Crippen LogP) is 0.376. The molecule has 4 nitrogen and oxygen atoms in total. The molecule has 1 heterocycles. The monoisotopic (exact) mass is 229 g/mol. The molecule has 0 spiro atoms. The van der Waals surface area contributed by atoms with E-state index in [9.17, 15) is 0 Å². The number of likely N-dealkylation sites (N-methyl/N-ethyl adjacent to an activating group) is 2. The maximum atomic E-state index is 6.07. The SMILES string of the molecule is COCCC(N)CN(C)C1CCCN(C)C1. The first-order chi connectivity index (χ1) is 7.63. The summed E-state index contributed by atoms with van der Waals surface area (Å²) in [6.45, 7) is 4.15. The standard InChI is InChI=1S/C12H27N3O/c1-14-7-4-5-12(10-14)15(2)9-11(13)6-8-16-3/h11-12H,4-10,13H2,1-3H3. The van der Waals surface area contributed by atoms with Crippen molar-refractivity contribution in [3.05, 3.63) is 0 Å². The van der Waals surface area contributed by atoms with Crippen LogP contribution in [0.5, 0.6) is 0 Å². The van der Waals surface area contributed by atoms with Crippen LogP contribution < -0.4 is 5.73 Å². The number of hydrogen-bond donors (Lipinski definition) is 1. The highest BCUT2D eigenvalue weighted by Gasteiger charge is 2.21. The van der Waals surface area contributed by atoms with Crippen LogP contribution in [-0.4, -0.2) is 69.3 Å². The molecular weight excluding hydrogens is 202 g/mol. The minimum Gasteiger partial charge on any atom is -0.385 e. The predicted molar refractivity (Wildman–Crippen MR) is 67.6 cm³/mol. The molecule has 0 aromatic carbocycles. The maximum absolute atomic E-state index is 6.07. The number of hydrogen-bond acceptors (Lipinski definition) is 4. The third-order valence-corrected chi connectivity index (χ3v) is 3.44. The van der Waals surface area contributed by atoms with Crippen LogP contribution in [-0.2, 0) is 4.74 Å². The van der Waals surface area contributed by atoms with Crippen LogP contribution in [0.25, 0.3) is 0 Å². The summed E-state index contributed by atoms with van der Waals surface area (Å²) in [7, 11) is 6.12. The molecule has 1 rings (SSSR count). The minimum absolute atomic E-state index is 0.234. The molecule has 0 saturated carbocycles. The van der Waals surface area contributed by atoms with Gasteiger partial charge in [-0.3, -0.25) is 0 Å². The average molecular weight is 229 g/mol. The molecule has 2 atom stereocenters. The lowest BCUT2D eigenvalue weighted by Gasteiger charge is -2.36. The summed E-state index contributed by atoms with van der Waals surface area (Å²) in [5.74, 6) is 0. The molecule has 2 N–H and O–H groups in total. The Kier molecular flexibility index (Phi) is 6.28. The van der Waals surface area contributed by atoms with Crippen molar-refractivity contribution in [2.75, 3.05) is 47.4 Å². The molecule has 1 aliphatic rings. The van der Waals surface area contributed by atoms with E-state index in [0.717, 1.165) is 19.6 Å². The summed E-state index contributed by atoms with van der Waals surface area (Å²) < 4.78 is 5.05. The summed E-state index contributed by atoms with van der Waals surface area (Å²) in [4.78, 5) is 4.82. The third kappa shape index (κ3) is 4.78. The lowest BCUT2D eigenvalue weighted by atomic mass is 10.0. The van der Waals surface area contributed by atoms with E-state index in [1.807, 2.05) is 0 Å². The molecular formula is C12H27N3O. The van der Waals surface area contributed by atoms with Gasteiger partial charge in [-0.15, -0.1) is 0 Å². The number of ether oxygens (including phenoxy) is 1. The third-order valence-electron chi connectivity index (χ3n) is 3.44. The fourth-order valence-electron chi connectivity index (χ4n) is 2.38. The number of likely N-dealkylation sites (tertiary alicyclic amines) is 1. The summed E-state index contributed by atoms with van der Waals surface area (Å²) >= 11 is 0. The van der Waals surface area contributed by atoms with E-state index < -0.39 is 0 Å². The van der Waals surface area contributed by atoms with Crippen molar-refractivity contribution in [2.45, 2.75) is 31.3 Å². The second-order valence-corrected chi connectivity index (χ2v) is 5.04. The van der Waals surface area contributed by atoms with Gasteiger partial charge in [0.25, 0.3) is 0 Å². The Balaban J connectivity index is 2.24. The average Bonchev–Trinajstić information content (AvgIpc) is 2.26. The fourth-order valence-corrected chi connectivity index (χ4v) is 2.38. The van der Waals surface area contributed by atoms with E-state index in [1.54, 1.807) is 7.11 Å². The van der Waals surface area contributed by atoms with Crippen LogP contribution in [0.4, 0.5) is 0 Å². The zero-order valence-corrected chi connectivity index (χ0v) is 11.0. The van der Waals surface area contributed by atoms with Gasteiger partial charge in [-0.25, -0.2) is 0 Å². The van der Waals surface area contributed by atoms with Gasteiger partial charge in [0.15, 0.2) is 0 Å². The van der Waals surface area contributed by atoms with Crippen molar-refractivity contribution >= 4 is 0 Å². The van der Waals surface area contributed by atoms with Gasteiger partial charge in [0.2, 0.25) is 0 Å². The second-order valence-electron chi connectivity index (χ2n) is 5.04. The molecule has 16 heavy (non-hydrogen) atoms. The Bertz CT molecular complexity index is 189. The zero-order chi connectivity index (χ0) is 12.0. The van der Waals surface area contributed by atoms with Crippen molar-refractivity contribution in [3.63, 3.8) is 0 Å². The Morgan fingerprint density at radius 1 is 1.56 bits per heavy atom. The van der Waals surface area contributed by atoms with Crippen molar-refractivity contribution < 1.29 is 4.74 Å². The van der Waals surface area contributed by atoms with Gasteiger partial charge >= 0.3 is 0 Å². The molecule has 0 aromatic rings. The Morgan fingerprint density at radius 3 is 2.94 bits per heavy atom. The van der Waals surface area contributed by atoms with Gasteiger partial charge in [0.1, 0.15) is 0 Å². The second kappa shape index (κ2) is 7.22. The lowest BCUT2D eigenvalue weighted by molar-refractivity contribution is 0.121. The van der Waals surface area contributed by atoms with Gasteiger partial charge in [-0.05, 0) is 39.9 Å². The fraction of sp³-hybridized carbons (Fsp3) is 1.00. The normalized spacial score (nSPS) is 24.9. The van der Waals surface area contributed by atoms with Crippen LogP contribution in [0.3, 0.4) is 0 Å². The first-order valence-electron chi connectivity index (χ1n) is 6.26. The highest BCUT2D eigenvalue weighted by Crippen LogP contribution is 2.13. The van der Waals surface area contributed by atoms with Crippen LogP contribution >= 0.6 is 0 Å². The number of nitrogens with two attached hydrogens (primary N) is 1.